The van der Waals surface area contributed by atoms with Gasteiger partial charge in [0.1, 0.15) is 6.04 Å². The standard InChI is InChI=1S/C29H29N2O4P/c32-31(33)28(21-22-35-23-24-13-5-1-6-14-24)29(25-15-7-2-8-16-25)30-36(34,26-17-9-3-10-18-26)27-19-11-4-12-20-27/h1-20,28-29H,21-23H2,(H,30,34)/t28-,29+/m0/s1. The average molecular weight is 501 g/mol. The number of hydrogen-bond donors (Lipinski definition) is 1. The second-order valence-electron chi connectivity index (χ2n) is 8.48. The van der Waals surface area contributed by atoms with Crippen LogP contribution in [0.3, 0.4) is 0 Å². The van der Waals surface area contributed by atoms with Gasteiger partial charge in [0.05, 0.1) is 13.2 Å². The van der Waals surface area contributed by atoms with Gasteiger partial charge in [-0.05, 0) is 35.4 Å². The Morgan fingerprint density at radius 2 is 1.22 bits per heavy atom. The maximum Gasteiger partial charge on any atom is 0.234 e. The fraction of sp³-hybridized carbons (Fsp3) is 0.172. The molecule has 2 atom stereocenters. The van der Waals surface area contributed by atoms with E-state index in [-0.39, 0.29) is 18.0 Å². The lowest BCUT2D eigenvalue weighted by molar-refractivity contribution is -0.529. The van der Waals surface area contributed by atoms with E-state index in [1.165, 1.54) is 0 Å². The minimum atomic E-state index is -3.42. The first-order valence-corrected chi connectivity index (χ1v) is 13.6. The van der Waals surface area contributed by atoms with Gasteiger partial charge < -0.3 is 4.74 Å². The van der Waals surface area contributed by atoms with Crippen LogP contribution in [-0.4, -0.2) is 17.6 Å². The van der Waals surface area contributed by atoms with E-state index < -0.39 is 19.4 Å². The van der Waals surface area contributed by atoms with Gasteiger partial charge >= 0.3 is 0 Å². The molecule has 0 saturated heterocycles. The molecular formula is C29H29N2O4P. The van der Waals surface area contributed by atoms with E-state index >= 15 is 0 Å². The quantitative estimate of drug-likeness (QED) is 0.120. The van der Waals surface area contributed by atoms with E-state index in [2.05, 4.69) is 5.09 Å². The molecule has 0 saturated carbocycles. The van der Waals surface area contributed by atoms with E-state index in [1.54, 1.807) is 24.3 Å². The van der Waals surface area contributed by atoms with Gasteiger partial charge in [0, 0.05) is 22.0 Å². The number of nitrogens with one attached hydrogen (secondary N) is 1. The third-order valence-corrected chi connectivity index (χ3v) is 8.74. The molecule has 1 N–H and O–H groups in total. The molecule has 0 amide bonds. The predicted molar refractivity (Wildman–Crippen MR) is 144 cm³/mol. The summed E-state index contributed by atoms with van der Waals surface area (Å²) < 4.78 is 20.5. The van der Waals surface area contributed by atoms with Crippen LogP contribution in [0.5, 0.6) is 0 Å². The smallest absolute Gasteiger partial charge is 0.234 e. The highest BCUT2D eigenvalue weighted by atomic mass is 31.2. The molecule has 36 heavy (non-hydrogen) atoms. The topological polar surface area (TPSA) is 81.5 Å². The molecule has 0 aliphatic heterocycles. The SMILES string of the molecule is O=[N+]([O-])[C@@H](CCOCc1ccccc1)[C@H](NP(=O)(c1ccccc1)c1ccccc1)c1ccccc1. The highest BCUT2D eigenvalue weighted by Gasteiger charge is 2.39. The number of nitrogens with zero attached hydrogens (tertiary/aromatic N) is 1. The molecule has 0 radical (unpaired) electrons. The summed E-state index contributed by atoms with van der Waals surface area (Å²) in [7, 11) is -3.42. The number of hydrogen-bond acceptors (Lipinski definition) is 4. The molecule has 4 aromatic rings. The molecule has 0 heterocycles. The van der Waals surface area contributed by atoms with Crippen LogP contribution >= 0.6 is 7.29 Å². The van der Waals surface area contributed by atoms with Crippen LogP contribution in [0.1, 0.15) is 23.6 Å². The average Bonchev–Trinajstić information content (AvgIpc) is 2.94. The zero-order chi connectivity index (χ0) is 25.2. The lowest BCUT2D eigenvalue weighted by Crippen LogP contribution is -2.40. The second kappa shape index (κ2) is 12.4. The van der Waals surface area contributed by atoms with Crippen LogP contribution in [0.25, 0.3) is 0 Å². The van der Waals surface area contributed by atoms with Gasteiger partial charge in [0.15, 0.2) is 0 Å². The summed E-state index contributed by atoms with van der Waals surface area (Å²) in [6.45, 7) is 0.577. The van der Waals surface area contributed by atoms with Crippen molar-refractivity contribution in [1.82, 2.24) is 5.09 Å². The molecule has 4 rings (SSSR count). The molecule has 0 fully saturated rings. The maximum absolute atomic E-state index is 14.7. The lowest BCUT2D eigenvalue weighted by atomic mass is 9.98. The van der Waals surface area contributed by atoms with E-state index in [0.717, 1.165) is 5.56 Å². The number of rotatable bonds is 12. The van der Waals surface area contributed by atoms with E-state index in [1.807, 2.05) is 97.1 Å². The Balaban J connectivity index is 1.64. The summed E-state index contributed by atoms with van der Waals surface area (Å²) in [6, 6.07) is 35.3. The van der Waals surface area contributed by atoms with Crippen LogP contribution in [0.15, 0.2) is 121 Å². The van der Waals surface area contributed by atoms with Crippen molar-refractivity contribution < 1.29 is 14.2 Å². The van der Waals surface area contributed by atoms with Gasteiger partial charge in [-0.15, -0.1) is 0 Å². The summed E-state index contributed by atoms with van der Waals surface area (Å²) in [5, 5.41) is 16.8. The second-order valence-corrected chi connectivity index (χ2v) is 11.0. The van der Waals surface area contributed by atoms with Crippen molar-refractivity contribution in [2.75, 3.05) is 6.61 Å². The van der Waals surface area contributed by atoms with Crippen molar-refractivity contribution in [2.24, 2.45) is 0 Å². The Morgan fingerprint density at radius 3 is 1.72 bits per heavy atom. The number of ether oxygens (including phenoxy) is 1. The van der Waals surface area contributed by atoms with E-state index in [0.29, 0.717) is 22.8 Å². The third kappa shape index (κ3) is 6.35. The fourth-order valence-electron chi connectivity index (χ4n) is 4.18. The van der Waals surface area contributed by atoms with Gasteiger partial charge in [0.2, 0.25) is 13.3 Å². The predicted octanol–water partition coefficient (Wildman–Crippen LogP) is 5.50. The van der Waals surface area contributed by atoms with Gasteiger partial charge in [-0.3, -0.25) is 14.7 Å². The largest absolute Gasteiger partial charge is 0.377 e. The first kappa shape index (κ1) is 25.5. The Bertz CT molecular complexity index is 1230. The van der Waals surface area contributed by atoms with Gasteiger partial charge in [0.25, 0.3) is 0 Å². The minimum Gasteiger partial charge on any atom is -0.377 e. The van der Waals surface area contributed by atoms with Gasteiger partial charge in [-0.25, -0.2) is 5.09 Å². The molecule has 0 aliphatic carbocycles. The molecular weight excluding hydrogens is 471 g/mol. The fourth-order valence-corrected chi connectivity index (χ4v) is 6.67. The summed E-state index contributed by atoms with van der Waals surface area (Å²) in [4.78, 5) is 12.1. The van der Waals surface area contributed by atoms with E-state index in [9.17, 15) is 14.7 Å². The summed E-state index contributed by atoms with van der Waals surface area (Å²) >= 11 is 0. The number of benzene rings is 4. The Hall–Kier alpha value is -3.57. The molecule has 0 aliphatic rings. The van der Waals surface area contributed by atoms with Crippen molar-refractivity contribution in [3.8, 4) is 0 Å². The minimum absolute atomic E-state index is 0.163. The van der Waals surface area contributed by atoms with Crippen molar-refractivity contribution in [3.05, 3.63) is 143 Å². The van der Waals surface area contributed by atoms with Crippen molar-refractivity contribution >= 4 is 17.9 Å². The normalized spacial score (nSPS) is 13.1. The third-order valence-electron chi connectivity index (χ3n) is 6.04. The van der Waals surface area contributed by atoms with Crippen LogP contribution in [-0.2, 0) is 15.9 Å². The van der Waals surface area contributed by atoms with Crippen molar-refractivity contribution in [2.45, 2.75) is 25.1 Å². The van der Waals surface area contributed by atoms with Gasteiger partial charge in [-0.1, -0.05) is 97.1 Å². The first-order chi connectivity index (χ1) is 17.6. The molecule has 0 spiro atoms. The number of nitro groups is 1. The zero-order valence-electron chi connectivity index (χ0n) is 19.9. The van der Waals surface area contributed by atoms with Crippen LogP contribution in [0.2, 0.25) is 0 Å². The highest BCUT2D eigenvalue weighted by Crippen LogP contribution is 2.43. The molecule has 0 aromatic heterocycles. The van der Waals surface area contributed by atoms with E-state index in [4.69, 9.17) is 4.74 Å². The molecule has 0 bridgehead atoms. The van der Waals surface area contributed by atoms with Gasteiger partial charge in [-0.2, -0.15) is 0 Å². The zero-order valence-corrected chi connectivity index (χ0v) is 20.7. The molecule has 0 unspecified atom stereocenters. The Morgan fingerprint density at radius 1 is 0.750 bits per heavy atom. The molecule has 4 aromatic carbocycles. The monoisotopic (exact) mass is 500 g/mol. The highest BCUT2D eigenvalue weighted by molar-refractivity contribution is 7.76. The Labute approximate surface area is 211 Å². The van der Waals surface area contributed by atoms with Crippen molar-refractivity contribution in [3.63, 3.8) is 0 Å². The van der Waals surface area contributed by atoms with Crippen LogP contribution < -0.4 is 15.7 Å². The molecule has 7 heteroatoms. The van der Waals surface area contributed by atoms with Crippen molar-refractivity contribution in [1.29, 1.82) is 0 Å². The lowest BCUT2D eigenvalue weighted by Gasteiger charge is -2.29. The van der Waals surface area contributed by atoms with Crippen LogP contribution in [0.4, 0.5) is 0 Å². The van der Waals surface area contributed by atoms with Crippen LogP contribution in [0, 0.1) is 10.1 Å². The molecule has 6 nitrogen and oxygen atoms in total. The molecule has 184 valence electrons. The summed E-state index contributed by atoms with van der Waals surface area (Å²) in [6.07, 6.45) is 0.163. The summed E-state index contributed by atoms with van der Waals surface area (Å²) in [5.74, 6) is 0. The Kier molecular flexibility index (Phi) is 8.80. The summed E-state index contributed by atoms with van der Waals surface area (Å²) in [5.41, 5.74) is 1.71. The first-order valence-electron chi connectivity index (χ1n) is 11.9. The maximum atomic E-state index is 14.7.